The topological polar surface area (TPSA) is 95.9 Å². The van der Waals surface area contributed by atoms with Gasteiger partial charge < -0.3 is 20.3 Å². The van der Waals surface area contributed by atoms with Crippen LogP contribution in [0.15, 0.2) is 12.2 Å². The zero-order valence-corrected chi connectivity index (χ0v) is 46.8. The minimum Gasteiger partial charge on any atom is -0.466 e. The molecule has 0 fully saturated rings. The van der Waals surface area contributed by atoms with E-state index < -0.39 is 12.1 Å². The van der Waals surface area contributed by atoms with Crippen LogP contribution >= 0.6 is 0 Å². The fourth-order valence-electron chi connectivity index (χ4n) is 9.99. The maximum Gasteiger partial charge on any atom is 0.305 e. The molecule has 0 aliphatic heterocycles. The second kappa shape index (κ2) is 59.2. The number of esters is 1. The third kappa shape index (κ3) is 55.8. The lowest BCUT2D eigenvalue weighted by atomic mass is 10.0. The van der Waals surface area contributed by atoms with Gasteiger partial charge in [-0.3, -0.25) is 9.59 Å². The summed E-state index contributed by atoms with van der Waals surface area (Å²) >= 11 is 0. The molecule has 410 valence electrons. The Morgan fingerprint density at radius 3 is 0.986 bits per heavy atom. The Morgan fingerprint density at radius 2 is 0.667 bits per heavy atom. The third-order valence-corrected chi connectivity index (χ3v) is 14.8. The van der Waals surface area contributed by atoms with Gasteiger partial charge in [0.15, 0.2) is 0 Å². The summed E-state index contributed by atoms with van der Waals surface area (Å²) < 4.78 is 5.47. The van der Waals surface area contributed by atoms with Gasteiger partial charge in [0.2, 0.25) is 5.91 Å². The monoisotopic (exact) mass is 974 g/mol. The molecule has 0 saturated carbocycles. The molecule has 6 nitrogen and oxygen atoms in total. The van der Waals surface area contributed by atoms with E-state index in [0.29, 0.717) is 19.4 Å². The zero-order valence-electron chi connectivity index (χ0n) is 46.8. The van der Waals surface area contributed by atoms with E-state index in [1.807, 2.05) is 6.08 Å². The SMILES string of the molecule is CCCCCCCCCCCCCCCCCCCCCC/C=C/C(O)C(CO)NC(=O)CCCCCCCCCCCCCCCCCCCCCOC(=O)CCCCCCCCCCCCC. The van der Waals surface area contributed by atoms with Gasteiger partial charge in [-0.1, -0.05) is 321 Å². The van der Waals surface area contributed by atoms with E-state index in [1.165, 1.54) is 289 Å². The van der Waals surface area contributed by atoms with Crippen molar-refractivity contribution >= 4 is 11.9 Å². The van der Waals surface area contributed by atoms with Crippen LogP contribution in [0.25, 0.3) is 0 Å². The third-order valence-electron chi connectivity index (χ3n) is 14.8. The molecule has 3 N–H and O–H groups in total. The van der Waals surface area contributed by atoms with Gasteiger partial charge in [-0.25, -0.2) is 0 Å². The van der Waals surface area contributed by atoms with Crippen LogP contribution in [-0.2, 0) is 14.3 Å². The normalized spacial score (nSPS) is 12.6. The van der Waals surface area contributed by atoms with Crippen molar-refractivity contribution in [2.45, 2.75) is 366 Å². The van der Waals surface area contributed by atoms with Gasteiger partial charge in [-0.2, -0.15) is 0 Å². The van der Waals surface area contributed by atoms with E-state index >= 15 is 0 Å². The molecule has 0 aromatic rings. The maximum absolute atomic E-state index is 12.5. The van der Waals surface area contributed by atoms with Crippen LogP contribution in [0.1, 0.15) is 354 Å². The van der Waals surface area contributed by atoms with E-state index in [2.05, 4.69) is 19.2 Å². The predicted molar refractivity (Wildman–Crippen MR) is 301 cm³/mol. The van der Waals surface area contributed by atoms with Crippen molar-refractivity contribution in [1.82, 2.24) is 5.32 Å². The number of amides is 1. The quantitative estimate of drug-likeness (QED) is 0.0321. The first-order chi connectivity index (χ1) is 34.0. The summed E-state index contributed by atoms with van der Waals surface area (Å²) in [5, 5.41) is 23.2. The molecule has 0 saturated heterocycles. The highest BCUT2D eigenvalue weighted by molar-refractivity contribution is 5.76. The van der Waals surface area contributed by atoms with Crippen LogP contribution in [0.3, 0.4) is 0 Å². The Labute approximate surface area is 431 Å². The average molecular weight is 975 g/mol. The predicted octanol–water partition coefficient (Wildman–Crippen LogP) is 19.6. The van der Waals surface area contributed by atoms with Gasteiger partial charge in [-0.15, -0.1) is 0 Å². The second-order valence-corrected chi connectivity index (χ2v) is 21.8. The highest BCUT2D eigenvalue weighted by atomic mass is 16.5. The molecule has 69 heavy (non-hydrogen) atoms. The van der Waals surface area contributed by atoms with Crippen molar-refractivity contribution in [3.8, 4) is 0 Å². The van der Waals surface area contributed by atoms with E-state index in [-0.39, 0.29) is 18.5 Å². The molecule has 0 aliphatic carbocycles. The number of carbonyl (C=O) groups is 2. The molecular weight excluding hydrogens is 851 g/mol. The van der Waals surface area contributed by atoms with Crippen molar-refractivity contribution < 1.29 is 24.5 Å². The van der Waals surface area contributed by atoms with Gasteiger partial charge in [0.1, 0.15) is 0 Å². The number of hydrogen-bond donors (Lipinski definition) is 3. The summed E-state index contributed by atoms with van der Waals surface area (Å²) in [6.07, 6.45) is 71.1. The summed E-state index contributed by atoms with van der Waals surface area (Å²) in [7, 11) is 0. The highest BCUT2D eigenvalue weighted by Gasteiger charge is 2.18. The molecule has 0 heterocycles. The molecule has 6 heteroatoms. The first-order valence-electron chi connectivity index (χ1n) is 31.5. The number of aliphatic hydroxyl groups is 2. The van der Waals surface area contributed by atoms with Crippen LogP contribution in [0.2, 0.25) is 0 Å². The largest absolute Gasteiger partial charge is 0.466 e. The molecular formula is C63H123NO5. The Morgan fingerprint density at radius 1 is 0.391 bits per heavy atom. The van der Waals surface area contributed by atoms with Gasteiger partial charge in [0.05, 0.1) is 25.4 Å². The number of unbranched alkanes of at least 4 members (excludes halogenated alkanes) is 48. The highest BCUT2D eigenvalue weighted by Crippen LogP contribution is 2.18. The summed E-state index contributed by atoms with van der Waals surface area (Å²) in [4.78, 5) is 24.5. The standard InChI is InChI=1S/C63H123NO5/c1-3-5-7-9-11-13-15-16-17-18-19-20-21-23-26-29-32-36-39-43-47-51-55-61(66)60(59-65)64-62(67)56-52-48-44-40-37-33-30-27-24-22-25-28-31-34-38-42-46-50-54-58-69-63(68)57-53-49-45-41-35-14-12-10-8-6-4-2/h51,55,60-61,65-66H,3-50,52-54,56-59H2,1-2H3,(H,64,67)/b55-51+. The van der Waals surface area contributed by atoms with Crippen LogP contribution in [0.4, 0.5) is 0 Å². The number of carbonyl (C=O) groups excluding carboxylic acids is 2. The molecule has 2 unspecified atom stereocenters. The average Bonchev–Trinajstić information content (AvgIpc) is 3.35. The zero-order chi connectivity index (χ0) is 50.0. The Kier molecular flexibility index (Phi) is 58.0. The van der Waals surface area contributed by atoms with Crippen LogP contribution in [0.5, 0.6) is 0 Å². The van der Waals surface area contributed by atoms with Gasteiger partial charge in [-0.05, 0) is 32.1 Å². The number of nitrogens with one attached hydrogen (secondary N) is 1. The van der Waals surface area contributed by atoms with Gasteiger partial charge >= 0.3 is 5.97 Å². The molecule has 0 aromatic heterocycles. The molecule has 0 aromatic carbocycles. The molecule has 0 radical (unpaired) electrons. The molecule has 1 amide bonds. The number of ether oxygens (including phenoxy) is 1. The maximum atomic E-state index is 12.5. The Bertz CT molecular complexity index is 1030. The van der Waals surface area contributed by atoms with Gasteiger partial charge in [0, 0.05) is 12.8 Å². The van der Waals surface area contributed by atoms with Crippen LogP contribution < -0.4 is 5.32 Å². The van der Waals surface area contributed by atoms with E-state index in [4.69, 9.17) is 4.74 Å². The molecule has 0 bridgehead atoms. The van der Waals surface area contributed by atoms with E-state index in [1.54, 1.807) is 6.08 Å². The summed E-state index contributed by atoms with van der Waals surface area (Å²) in [5.74, 6) is -0.0580. The lowest BCUT2D eigenvalue weighted by Crippen LogP contribution is -2.45. The fourth-order valence-corrected chi connectivity index (χ4v) is 9.99. The fraction of sp³-hybridized carbons (Fsp3) is 0.937. The smallest absolute Gasteiger partial charge is 0.305 e. The lowest BCUT2D eigenvalue weighted by Gasteiger charge is -2.20. The molecule has 2 atom stereocenters. The number of allylic oxidation sites excluding steroid dienone is 1. The summed E-state index contributed by atoms with van der Waals surface area (Å²) in [6.45, 7) is 4.92. The van der Waals surface area contributed by atoms with Crippen molar-refractivity contribution in [3.05, 3.63) is 12.2 Å². The number of aliphatic hydroxyl groups excluding tert-OH is 2. The van der Waals surface area contributed by atoms with Crippen molar-refractivity contribution in [2.24, 2.45) is 0 Å². The second-order valence-electron chi connectivity index (χ2n) is 21.8. The summed E-state index contributed by atoms with van der Waals surface area (Å²) in [5.41, 5.74) is 0. The minimum atomic E-state index is -0.846. The van der Waals surface area contributed by atoms with E-state index in [0.717, 1.165) is 38.5 Å². The van der Waals surface area contributed by atoms with Crippen LogP contribution in [0, 0.1) is 0 Å². The Hall–Kier alpha value is -1.40. The molecule has 0 aliphatic rings. The Balaban J connectivity index is 3.43. The van der Waals surface area contributed by atoms with Crippen LogP contribution in [-0.4, -0.2) is 47.4 Å². The van der Waals surface area contributed by atoms with Gasteiger partial charge in [0.25, 0.3) is 0 Å². The summed E-state index contributed by atoms with van der Waals surface area (Å²) in [6, 6.07) is -0.630. The van der Waals surface area contributed by atoms with Crippen molar-refractivity contribution in [1.29, 1.82) is 0 Å². The first kappa shape index (κ1) is 67.6. The molecule has 0 rings (SSSR count). The number of rotatable bonds is 59. The van der Waals surface area contributed by atoms with Crippen molar-refractivity contribution in [3.63, 3.8) is 0 Å². The first-order valence-corrected chi connectivity index (χ1v) is 31.5. The van der Waals surface area contributed by atoms with E-state index in [9.17, 15) is 19.8 Å². The number of hydrogen-bond acceptors (Lipinski definition) is 5. The minimum absolute atomic E-state index is 0.00884. The lowest BCUT2D eigenvalue weighted by molar-refractivity contribution is -0.143. The molecule has 0 spiro atoms. The van der Waals surface area contributed by atoms with Crippen molar-refractivity contribution in [2.75, 3.05) is 13.2 Å².